The molecule has 1 saturated carbocycles. The van der Waals surface area contributed by atoms with E-state index in [4.69, 9.17) is 0 Å². The van der Waals surface area contributed by atoms with Crippen LogP contribution < -0.4 is 5.32 Å². The van der Waals surface area contributed by atoms with Gasteiger partial charge in [0.05, 0.1) is 5.01 Å². The highest BCUT2D eigenvalue weighted by atomic mass is 32.1. The summed E-state index contributed by atoms with van der Waals surface area (Å²) in [5, 5.41) is 4.81. The summed E-state index contributed by atoms with van der Waals surface area (Å²) in [5.41, 5.74) is 0. The molecular weight excluding hydrogens is 204 g/mol. The summed E-state index contributed by atoms with van der Waals surface area (Å²) in [7, 11) is 0. The van der Waals surface area contributed by atoms with Crippen molar-refractivity contribution >= 4 is 11.3 Å². The highest BCUT2D eigenvalue weighted by molar-refractivity contribution is 7.11. The summed E-state index contributed by atoms with van der Waals surface area (Å²) in [4.78, 5) is 5.72. The normalized spacial score (nSPS) is 18.8. The van der Waals surface area contributed by atoms with E-state index < -0.39 is 0 Å². The Morgan fingerprint density at radius 3 is 2.93 bits per heavy atom. The molecule has 1 atom stereocenters. The van der Waals surface area contributed by atoms with Crippen molar-refractivity contribution in [2.75, 3.05) is 6.54 Å². The molecule has 1 heterocycles. The molecule has 0 aromatic carbocycles. The number of nitrogens with one attached hydrogen (secondary N) is 1. The molecule has 0 spiro atoms. The van der Waals surface area contributed by atoms with E-state index in [9.17, 15) is 0 Å². The second-order valence-corrected chi connectivity index (χ2v) is 6.01. The van der Waals surface area contributed by atoms with Crippen LogP contribution in [0.25, 0.3) is 0 Å². The van der Waals surface area contributed by atoms with Crippen molar-refractivity contribution in [2.24, 2.45) is 5.92 Å². The van der Waals surface area contributed by atoms with Gasteiger partial charge in [0, 0.05) is 17.1 Å². The Balaban J connectivity index is 1.69. The first-order chi connectivity index (χ1) is 7.24. The molecule has 2 rings (SSSR count). The molecule has 1 fully saturated rings. The standard InChI is InChI=1S/C12H20N2S/c1-9(7-14-11-4-3-5-11)6-12-8-13-10(2)15-12/h8-9,11,14H,3-7H2,1-2H3. The van der Waals surface area contributed by atoms with Crippen LogP contribution in [0.3, 0.4) is 0 Å². The highest BCUT2D eigenvalue weighted by Crippen LogP contribution is 2.19. The lowest BCUT2D eigenvalue weighted by Gasteiger charge is -2.27. The SMILES string of the molecule is Cc1ncc(CC(C)CNC2CCC2)s1. The molecule has 1 aromatic rings. The fraction of sp³-hybridized carbons (Fsp3) is 0.750. The molecule has 0 saturated heterocycles. The Morgan fingerprint density at radius 2 is 2.40 bits per heavy atom. The van der Waals surface area contributed by atoms with E-state index in [1.165, 1.54) is 35.6 Å². The molecule has 1 N–H and O–H groups in total. The van der Waals surface area contributed by atoms with Crippen LogP contribution >= 0.6 is 11.3 Å². The molecule has 1 aliphatic rings. The fourth-order valence-electron chi connectivity index (χ4n) is 1.90. The minimum Gasteiger partial charge on any atom is -0.314 e. The van der Waals surface area contributed by atoms with Crippen LogP contribution in [-0.4, -0.2) is 17.6 Å². The summed E-state index contributed by atoms with van der Waals surface area (Å²) >= 11 is 1.83. The van der Waals surface area contributed by atoms with Crippen LogP contribution in [0, 0.1) is 12.8 Å². The van der Waals surface area contributed by atoms with E-state index in [0.717, 1.165) is 18.5 Å². The molecule has 0 aliphatic heterocycles. The van der Waals surface area contributed by atoms with Gasteiger partial charge in [0.2, 0.25) is 0 Å². The summed E-state index contributed by atoms with van der Waals surface area (Å²) in [5.74, 6) is 0.727. The lowest BCUT2D eigenvalue weighted by atomic mass is 9.92. The van der Waals surface area contributed by atoms with Crippen LogP contribution in [0.15, 0.2) is 6.20 Å². The van der Waals surface area contributed by atoms with Crippen LogP contribution in [0.2, 0.25) is 0 Å². The second kappa shape index (κ2) is 5.08. The van der Waals surface area contributed by atoms with E-state index in [1.807, 2.05) is 17.5 Å². The van der Waals surface area contributed by atoms with Crippen LogP contribution in [0.5, 0.6) is 0 Å². The second-order valence-electron chi connectivity index (χ2n) is 4.69. The van der Waals surface area contributed by atoms with Gasteiger partial charge in [-0.3, -0.25) is 0 Å². The molecular formula is C12H20N2S. The Labute approximate surface area is 96.1 Å². The third kappa shape index (κ3) is 3.28. The average Bonchev–Trinajstić information content (AvgIpc) is 2.48. The summed E-state index contributed by atoms with van der Waals surface area (Å²) < 4.78 is 0. The zero-order valence-electron chi connectivity index (χ0n) is 9.62. The highest BCUT2D eigenvalue weighted by Gasteiger charge is 2.17. The van der Waals surface area contributed by atoms with Gasteiger partial charge in [0.1, 0.15) is 0 Å². The van der Waals surface area contributed by atoms with Gasteiger partial charge in [-0.25, -0.2) is 4.98 Å². The summed E-state index contributed by atoms with van der Waals surface area (Å²) in [6.07, 6.45) is 7.38. The first kappa shape index (κ1) is 11.1. The molecule has 84 valence electrons. The number of nitrogens with zero attached hydrogens (tertiary/aromatic N) is 1. The van der Waals surface area contributed by atoms with Crippen molar-refractivity contribution in [1.82, 2.24) is 10.3 Å². The van der Waals surface area contributed by atoms with E-state index >= 15 is 0 Å². The van der Waals surface area contributed by atoms with Gasteiger partial charge >= 0.3 is 0 Å². The van der Waals surface area contributed by atoms with Gasteiger partial charge < -0.3 is 5.32 Å². The topological polar surface area (TPSA) is 24.9 Å². The van der Waals surface area contributed by atoms with Crippen molar-refractivity contribution in [3.05, 3.63) is 16.1 Å². The van der Waals surface area contributed by atoms with Crippen molar-refractivity contribution in [3.63, 3.8) is 0 Å². The third-order valence-corrected chi connectivity index (χ3v) is 4.01. The van der Waals surface area contributed by atoms with E-state index in [-0.39, 0.29) is 0 Å². The minimum atomic E-state index is 0.727. The maximum Gasteiger partial charge on any atom is 0.0896 e. The first-order valence-electron chi connectivity index (χ1n) is 5.88. The number of hydrogen-bond acceptors (Lipinski definition) is 3. The number of hydrogen-bond donors (Lipinski definition) is 1. The average molecular weight is 224 g/mol. The van der Waals surface area contributed by atoms with E-state index in [2.05, 4.69) is 24.1 Å². The first-order valence-corrected chi connectivity index (χ1v) is 6.70. The molecule has 0 amide bonds. The molecule has 1 aromatic heterocycles. The molecule has 1 unspecified atom stereocenters. The number of aryl methyl sites for hydroxylation is 1. The largest absolute Gasteiger partial charge is 0.314 e. The van der Waals surface area contributed by atoms with Crippen LogP contribution in [0.1, 0.15) is 36.1 Å². The number of rotatable bonds is 5. The van der Waals surface area contributed by atoms with Gasteiger partial charge in [0.15, 0.2) is 0 Å². The monoisotopic (exact) mass is 224 g/mol. The van der Waals surface area contributed by atoms with E-state index in [1.54, 1.807) is 0 Å². The maximum atomic E-state index is 4.29. The summed E-state index contributed by atoms with van der Waals surface area (Å²) in [6.45, 7) is 5.55. The van der Waals surface area contributed by atoms with Crippen LogP contribution in [0.4, 0.5) is 0 Å². The lowest BCUT2D eigenvalue weighted by molar-refractivity contribution is 0.321. The van der Waals surface area contributed by atoms with Crippen molar-refractivity contribution < 1.29 is 0 Å². The molecule has 15 heavy (non-hydrogen) atoms. The van der Waals surface area contributed by atoms with Gasteiger partial charge in [-0.05, 0) is 38.6 Å². The smallest absolute Gasteiger partial charge is 0.0896 e. The molecule has 0 radical (unpaired) electrons. The van der Waals surface area contributed by atoms with E-state index in [0.29, 0.717) is 0 Å². The number of aromatic nitrogens is 1. The quantitative estimate of drug-likeness (QED) is 0.832. The predicted octanol–water partition coefficient (Wildman–Crippen LogP) is 2.77. The lowest BCUT2D eigenvalue weighted by Crippen LogP contribution is -2.37. The summed E-state index contributed by atoms with van der Waals surface area (Å²) in [6, 6.07) is 0.815. The Morgan fingerprint density at radius 1 is 1.60 bits per heavy atom. The fourth-order valence-corrected chi connectivity index (χ4v) is 2.85. The molecule has 1 aliphatic carbocycles. The molecule has 0 bridgehead atoms. The van der Waals surface area contributed by atoms with Gasteiger partial charge in [0.25, 0.3) is 0 Å². The predicted molar refractivity (Wildman–Crippen MR) is 65.4 cm³/mol. The Kier molecular flexibility index (Phi) is 3.76. The molecule has 3 heteroatoms. The Hall–Kier alpha value is -0.410. The van der Waals surface area contributed by atoms with Gasteiger partial charge in [-0.15, -0.1) is 11.3 Å². The van der Waals surface area contributed by atoms with Gasteiger partial charge in [-0.2, -0.15) is 0 Å². The zero-order valence-corrected chi connectivity index (χ0v) is 10.4. The Bertz CT molecular complexity index is 304. The van der Waals surface area contributed by atoms with Gasteiger partial charge in [-0.1, -0.05) is 13.3 Å². The van der Waals surface area contributed by atoms with Crippen LogP contribution in [-0.2, 0) is 6.42 Å². The van der Waals surface area contributed by atoms with Crippen molar-refractivity contribution in [2.45, 2.75) is 45.6 Å². The third-order valence-electron chi connectivity index (χ3n) is 3.08. The van der Waals surface area contributed by atoms with Crippen molar-refractivity contribution in [3.8, 4) is 0 Å². The zero-order chi connectivity index (χ0) is 10.7. The molecule has 2 nitrogen and oxygen atoms in total. The van der Waals surface area contributed by atoms with Crippen molar-refractivity contribution in [1.29, 1.82) is 0 Å². The minimum absolute atomic E-state index is 0.727. The number of thiazole rings is 1. The maximum absolute atomic E-state index is 4.29.